The predicted octanol–water partition coefficient (Wildman–Crippen LogP) is 3.33. The van der Waals surface area contributed by atoms with Gasteiger partial charge in [0.1, 0.15) is 18.3 Å². The molecule has 214 valence electrons. The summed E-state index contributed by atoms with van der Waals surface area (Å²) < 4.78 is 18.4. The average molecular weight is 551 g/mol. The van der Waals surface area contributed by atoms with Gasteiger partial charge in [0.05, 0.1) is 28.5 Å². The number of carbonyl (C=O) groups excluding carboxylic acids is 3. The molecule has 5 aliphatic carbocycles. The lowest BCUT2D eigenvalue weighted by Gasteiger charge is -2.46. The number of rotatable bonds is 1. The van der Waals surface area contributed by atoms with Gasteiger partial charge in [0.15, 0.2) is 0 Å². The fourth-order valence-electron chi connectivity index (χ4n) is 10.6. The van der Waals surface area contributed by atoms with Gasteiger partial charge in [-0.2, -0.15) is 0 Å². The monoisotopic (exact) mass is 550 g/mol. The maximum absolute atomic E-state index is 14.5. The van der Waals surface area contributed by atoms with Crippen LogP contribution in [-0.4, -0.2) is 57.6 Å². The Morgan fingerprint density at radius 3 is 2.55 bits per heavy atom. The summed E-state index contributed by atoms with van der Waals surface area (Å²) in [5.74, 6) is -3.15. The van der Waals surface area contributed by atoms with E-state index in [2.05, 4.69) is 13.2 Å². The molecule has 1 spiro atoms. The second-order valence-corrected chi connectivity index (χ2v) is 14.0. The van der Waals surface area contributed by atoms with Gasteiger partial charge in [0.25, 0.3) is 0 Å². The number of fused-ring (bicyclic) bond motifs is 6. The van der Waals surface area contributed by atoms with E-state index in [0.717, 1.165) is 5.57 Å². The molecule has 2 aliphatic heterocycles. The van der Waals surface area contributed by atoms with Crippen LogP contribution in [0.15, 0.2) is 48.1 Å². The van der Waals surface area contributed by atoms with E-state index in [1.165, 1.54) is 6.92 Å². The first-order valence-corrected chi connectivity index (χ1v) is 14.4. The third-order valence-electron chi connectivity index (χ3n) is 12.5. The van der Waals surface area contributed by atoms with E-state index in [4.69, 9.17) is 14.2 Å². The zero-order valence-corrected chi connectivity index (χ0v) is 23.6. The Morgan fingerprint density at radius 1 is 1.12 bits per heavy atom. The molecule has 0 amide bonds. The zero-order chi connectivity index (χ0) is 28.8. The van der Waals surface area contributed by atoms with Gasteiger partial charge < -0.3 is 24.4 Å². The molecule has 5 fully saturated rings. The van der Waals surface area contributed by atoms with Crippen LogP contribution in [0, 0.1) is 39.9 Å². The van der Waals surface area contributed by atoms with E-state index in [1.807, 2.05) is 39.0 Å². The van der Waals surface area contributed by atoms with Crippen molar-refractivity contribution in [3.05, 3.63) is 48.1 Å². The lowest BCUT2D eigenvalue weighted by Crippen LogP contribution is -2.53. The van der Waals surface area contributed by atoms with Gasteiger partial charge in [0.2, 0.25) is 0 Å². The van der Waals surface area contributed by atoms with E-state index < -0.39 is 81.4 Å². The van der Waals surface area contributed by atoms with Crippen molar-refractivity contribution in [2.24, 2.45) is 39.9 Å². The van der Waals surface area contributed by atoms with Crippen LogP contribution in [0.2, 0.25) is 0 Å². The van der Waals surface area contributed by atoms with E-state index in [0.29, 0.717) is 30.4 Å². The van der Waals surface area contributed by atoms with Crippen LogP contribution in [0.25, 0.3) is 0 Å². The molecule has 0 unspecified atom stereocenters. The van der Waals surface area contributed by atoms with Crippen LogP contribution < -0.4 is 0 Å². The van der Waals surface area contributed by atoms with Gasteiger partial charge in [-0.3, -0.25) is 9.59 Å². The summed E-state index contributed by atoms with van der Waals surface area (Å²) in [5.41, 5.74) is -3.63. The summed E-state index contributed by atoms with van der Waals surface area (Å²) in [4.78, 5) is 39.8. The predicted molar refractivity (Wildman–Crippen MR) is 142 cm³/mol. The smallest absolute Gasteiger partial charge is 0.334 e. The Morgan fingerprint density at radius 2 is 1.85 bits per heavy atom. The zero-order valence-electron chi connectivity index (χ0n) is 23.6. The number of esters is 3. The molecular formula is C32H38O8. The summed E-state index contributed by atoms with van der Waals surface area (Å²) >= 11 is 0. The van der Waals surface area contributed by atoms with Crippen LogP contribution in [0.4, 0.5) is 0 Å². The Balaban J connectivity index is 1.46. The van der Waals surface area contributed by atoms with E-state index in [-0.39, 0.29) is 18.8 Å². The highest BCUT2D eigenvalue weighted by molar-refractivity contribution is 5.91. The molecule has 0 aromatic rings. The van der Waals surface area contributed by atoms with Gasteiger partial charge in [-0.25, -0.2) is 4.79 Å². The Bertz CT molecular complexity index is 1360. The molecule has 2 bridgehead atoms. The topological polar surface area (TPSA) is 119 Å². The van der Waals surface area contributed by atoms with Crippen molar-refractivity contribution in [1.29, 1.82) is 0 Å². The molecule has 8 heteroatoms. The third kappa shape index (κ3) is 2.69. The maximum Gasteiger partial charge on any atom is 0.334 e. The normalized spacial score (nSPS) is 53.8. The van der Waals surface area contributed by atoms with Gasteiger partial charge in [-0.1, -0.05) is 43.9 Å². The lowest BCUT2D eigenvalue weighted by molar-refractivity contribution is -0.161. The van der Waals surface area contributed by atoms with Gasteiger partial charge in [0, 0.05) is 41.6 Å². The molecule has 12 atom stereocenters. The number of hydrogen-bond donors (Lipinski definition) is 2. The molecule has 0 radical (unpaired) electrons. The van der Waals surface area contributed by atoms with Crippen molar-refractivity contribution < 1.29 is 38.8 Å². The van der Waals surface area contributed by atoms with Crippen LogP contribution in [0.1, 0.15) is 59.8 Å². The van der Waals surface area contributed by atoms with E-state index in [1.54, 1.807) is 0 Å². The number of aliphatic hydroxyl groups is 2. The minimum absolute atomic E-state index is 0.193. The number of carbonyl (C=O) groups is 3. The highest BCUT2D eigenvalue weighted by Crippen LogP contribution is 2.80. The first kappa shape index (κ1) is 26.2. The second kappa shape index (κ2) is 7.57. The second-order valence-electron chi connectivity index (χ2n) is 14.0. The molecule has 7 rings (SSSR count). The highest BCUT2D eigenvalue weighted by Gasteiger charge is 2.84. The molecular weight excluding hydrogens is 512 g/mol. The van der Waals surface area contributed by atoms with Crippen LogP contribution >= 0.6 is 0 Å². The molecule has 3 saturated carbocycles. The summed E-state index contributed by atoms with van der Waals surface area (Å²) in [6.07, 6.45) is 5.72. The van der Waals surface area contributed by atoms with E-state index in [9.17, 15) is 24.6 Å². The summed E-state index contributed by atoms with van der Waals surface area (Å²) in [6, 6.07) is 0. The molecule has 40 heavy (non-hydrogen) atoms. The Hall–Kier alpha value is -2.71. The fourth-order valence-corrected chi connectivity index (χ4v) is 10.6. The summed E-state index contributed by atoms with van der Waals surface area (Å²) in [5, 5.41) is 24.1. The maximum atomic E-state index is 14.5. The number of allylic oxidation sites excluding steroid dienone is 1. The van der Waals surface area contributed by atoms with Crippen molar-refractivity contribution in [2.45, 2.75) is 89.3 Å². The first-order valence-electron chi connectivity index (χ1n) is 14.4. The molecule has 2 N–H and O–H groups in total. The first-order chi connectivity index (χ1) is 18.6. The van der Waals surface area contributed by atoms with Gasteiger partial charge in [-0.05, 0) is 45.1 Å². The van der Waals surface area contributed by atoms with Crippen molar-refractivity contribution in [2.75, 3.05) is 0 Å². The number of hydrogen-bond acceptors (Lipinski definition) is 8. The van der Waals surface area contributed by atoms with Crippen molar-refractivity contribution in [3.8, 4) is 0 Å². The Labute approximate surface area is 234 Å². The largest absolute Gasteiger partial charge is 0.462 e. The molecule has 8 nitrogen and oxygen atoms in total. The Kier molecular flexibility index (Phi) is 4.96. The molecule has 0 aromatic heterocycles. The van der Waals surface area contributed by atoms with Crippen LogP contribution in [-0.2, 0) is 28.6 Å². The average Bonchev–Trinajstić information content (AvgIpc) is 3.55. The standard InChI is InChI=1S/C32H38O8/c1-15-7-10-32(37)16(2)13-20(38-18(4)33)22-24(21(15)32)40-27(35)31(22)14-30-12-11-28(31,5)25(30)23-19(8-9-29(30,6)36)17(3)26(34)39-23/h7,11-12,19-25,36-37H,2-3,8-10,13-14H2,1,4-6H3/t19-,20-,21+,22+,23-,24+,25-,28+,29-,30+,31+,32+/m0/s1. The minimum Gasteiger partial charge on any atom is -0.462 e. The van der Waals surface area contributed by atoms with Crippen LogP contribution in [0.5, 0.6) is 0 Å². The van der Waals surface area contributed by atoms with Gasteiger partial charge >= 0.3 is 17.9 Å². The van der Waals surface area contributed by atoms with Crippen molar-refractivity contribution in [1.82, 2.24) is 0 Å². The molecule has 0 aromatic carbocycles. The summed E-state index contributed by atoms with van der Waals surface area (Å²) in [7, 11) is 0. The minimum atomic E-state index is -1.32. The molecule has 2 saturated heterocycles. The highest BCUT2D eigenvalue weighted by atomic mass is 16.6. The van der Waals surface area contributed by atoms with E-state index >= 15 is 0 Å². The van der Waals surface area contributed by atoms with Crippen molar-refractivity contribution >= 4 is 17.9 Å². The van der Waals surface area contributed by atoms with Crippen molar-refractivity contribution in [3.63, 3.8) is 0 Å². The molecule has 7 aliphatic rings. The number of ether oxygens (including phenoxy) is 3. The van der Waals surface area contributed by atoms with Gasteiger partial charge in [-0.15, -0.1) is 0 Å². The fraction of sp³-hybridized carbons (Fsp3) is 0.656. The lowest BCUT2D eigenvalue weighted by atomic mass is 9.54. The quantitative estimate of drug-likeness (QED) is 0.221. The third-order valence-corrected chi connectivity index (χ3v) is 12.5. The SMILES string of the molecule is C=C1C(=O)O[C@H]2[C@H]1CC[C@](C)(O)[C@@]13C=C[C@](C)([C@H]21)[C@@]1(C3)C(=O)O[C@H]2[C@H]1[C@@H](OC(C)=O)CC(=C)[C@]1(O)CC=C(C)[C@H]21. The molecule has 2 heterocycles. The van der Waals surface area contributed by atoms with Crippen LogP contribution in [0.3, 0.4) is 0 Å². The summed E-state index contributed by atoms with van der Waals surface area (Å²) in [6.45, 7) is 15.4.